The van der Waals surface area contributed by atoms with Crippen LogP contribution in [0, 0.1) is 6.92 Å². The van der Waals surface area contributed by atoms with Crippen molar-refractivity contribution >= 4 is 37.3 Å². The third-order valence-corrected chi connectivity index (χ3v) is 5.93. The Hall–Kier alpha value is -1.47. The smallest absolute Gasteiger partial charge is 0.253 e. The fraction of sp³-hybridized carbons (Fsp3) is 0.385. The predicted octanol–water partition coefficient (Wildman–Crippen LogP) is 1.48. The van der Waals surface area contributed by atoms with Gasteiger partial charge in [-0.15, -0.1) is 11.3 Å². The Morgan fingerprint density at radius 1 is 1.30 bits per heavy atom. The van der Waals surface area contributed by atoms with E-state index in [2.05, 4.69) is 4.98 Å². The molecule has 1 aromatic carbocycles. The molecular weight excluding hydrogens is 296 g/mol. The van der Waals surface area contributed by atoms with Gasteiger partial charge in [0.05, 0.1) is 26.7 Å². The third-order valence-electron chi connectivity index (χ3n) is 3.37. The second kappa shape index (κ2) is 4.82. The monoisotopic (exact) mass is 310 g/mol. The van der Waals surface area contributed by atoms with Crippen LogP contribution < -0.4 is 0 Å². The van der Waals surface area contributed by atoms with Gasteiger partial charge in [-0.2, -0.15) is 0 Å². The number of sulfone groups is 1. The van der Waals surface area contributed by atoms with Crippen molar-refractivity contribution in [2.75, 3.05) is 24.6 Å². The highest BCUT2D eigenvalue weighted by atomic mass is 32.2. The summed E-state index contributed by atoms with van der Waals surface area (Å²) < 4.78 is 23.8. The molecule has 0 unspecified atom stereocenters. The molecule has 1 aliphatic heterocycles. The molecule has 106 valence electrons. The zero-order chi connectivity index (χ0) is 14.3. The van der Waals surface area contributed by atoms with E-state index in [4.69, 9.17) is 0 Å². The first-order valence-corrected chi connectivity index (χ1v) is 8.95. The van der Waals surface area contributed by atoms with Gasteiger partial charge in [-0.3, -0.25) is 4.79 Å². The molecule has 0 radical (unpaired) electrons. The molecule has 1 saturated heterocycles. The summed E-state index contributed by atoms with van der Waals surface area (Å²) >= 11 is 1.59. The lowest BCUT2D eigenvalue weighted by Gasteiger charge is -2.26. The summed E-state index contributed by atoms with van der Waals surface area (Å²) in [6.45, 7) is 2.48. The maximum absolute atomic E-state index is 12.4. The molecule has 20 heavy (non-hydrogen) atoms. The normalized spacial score (nSPS) is 18.4. The van der Waals surface area contributed by atoms with E-state index >= 15 is 0 Å². The van der Waals surface area contributed by atoms with Crippen LogP contribution in [0.25, 0.3) is 10.2 Å². The van der Waals surface area contributed by atoms with E-state index in [1.165, 1.54) is 0 Å². The average molecular weight is 310 g/mol. The zero-order valence-electron chi connectivity index (χ0n) is 11.0. The molecule has 0 N–H and O–H groups in total. The number of fused-ring (bicyclic) bond motifs is 1. The quantitative estimate of drug-likeness (QED) is 0.800. The number of rotatable bonds is 1. The summed E-state index contributed by atoms with van der Waals surface area (Å²) in [7, 11) is -2.97. The first-order chi connectivity index (χ1) is 9.44. The number of aromatic nitrogens is 1. The van der Waals surface area contributed by atoms with E-state index in [9.17, 15) is 13.2 Å². The van der Waals surface area contributed by atoms with E-state index in [0.717, 1.165) is 15.2 Å². The van der Waals surface area contributed by atoms with Gasteiger partial charge in [-0.25, -0.2) is 13.4 Å². The minimum atomic E-state index is -2.97. The highest BCUT2D eigenvalue weighted by Crippen LogP contribution is 2.23. The van der Waals surface area contributed by atoms with Gasteiger partial charge < -0.3 is 4.90 Å². The van der Waals surface area contributed by atoms with Crippen molar-refractivity contribution in [3.05, 3.63) is 28.8 Å². The summed E-state index contributed by atoms with van der Waals surface area (Å²) in [6.07, 6.45) is 0. The van der Waals surface area contributed by atoms with Crippen molar-refractivity contribution in [1.29, 1.82) is 0 Å². The highest BCUT2D eigenvalue weighted by molar-refractivity contribution is 7.91. The summed E-state index contributed by atoms with van der Waals surface area (Å²) in [5.74, 6) is -0.0134. The van der Waals surface area contributed by atoms with Gasteiger partial charge in [0.2, 0.25) is 0 Å². The lowest BCUT2D eigenvalue weighted by atomic mass is 10.2. The van der Waals surface area contributed by atoms with Crippen LogP contribution in [0.5, 0.6) is 0 Å². The van der Waals surface area contributed by atoms with Gasteiger partial charge in [0.1, 0.15) is 0 Å². The fourth-order valence-electron chi connectivity index (χ4n) is 2.27. The molecule has 0 aliphatic carbocycles. The lowest BCUT2D eigenvalue weighted by molar-refractivity contribution is 0.0770. The maximum atomic E-state index is 12.4. The SMILES string of the molecule is Cc1nc2cc(C(=O)N3CCS(=O)(=O)CC3)ccc2s1. The van der Waals surface area contributed by atoms with Gasteiger partial charge in [-0.05, 0) is 25.1 Å². The van der Waals surface area contributed by atoms with Gasteiger partial charge in [0, 0.05) is 18.7 Å². The van der Waals surface area contributed by atoms with Crippen molar-refractivity contribution < 1.29 is 13.2 Å². The Balaban J connectivity index is 1.85. The number of nitrogens with zero attached hydrogens (tertiary/aromatic N) is 2. The van der Waals surface area contributed by atoms with Crippen molar-refractivity contribution in [2.45, 2.75) is 6.92 Å². The Morgan fingerprint density at radius 3 is 2.70 bits per heavy atom. The number of hydrogen-bond acceptors (Lipinski definition) is 5. The van der Waals surface area contributed by atoms with Crippen LogP contribution in [0.1, 0.15) is 15.4 Å². The van der Waals surface area contributed by atoms with E-state index in [0.29, 0.717) is 5.56 Å². The third kappa shape index (κ3) is 2.55. The van der Waals surface area contributed by atoms with E-state index in [1.807, 2.05) is 13.0 Å². The summed E-state index contributed by atoms with van der Waals surface area (Å²) in [5.41, 5.74) is 1.39. The van der Waals surface area contributed by atoms with Crippen molar-refractivity contribution in [3.63, 3.8) is 0 Å². The molecule has 7 heteroatoms. The van der Waals surface area contributed by atoms with Crippen molar-refractivity contribution in [2.24, 2.45) is 0 Å². The fourth-order valence-corrected chi connectivity index (χ4v) is 4.28. The average Bonchev–Trinajstić information content (AvgIpc) is 2.77. The molecule has 0 bridgehead atoms. The van der Waals surface area contributed by atoms with Crippen LogP contribution in [-0.4, -0.2) is 48.8 Å². The van der Waals surface area contributed by atoms with Crippen molar-refractivity contribution in [3.8, 4) is 0 Å². The Bertz CT molecular complexity index is 766. The number of amides is 1. The Labute approximate surface area is 121 Å². The van der Waals surface area contributed by atoms with Crippen LogP contribution >= 0.6 is 11.3 Å². The van der Waals surface area contributed by atoms with Gasteiger partial charge in [0.25, 0.3) is 5.91 Å². The van der Waals surface area contributed by atoms with E-state index < -0.39 is 9.84 Å². The minimum absolute atomic E-state index is 0.0524. The predicted molar refractivity (Wildman–Crippen MR) is 78.9 cm³/mol. The second-order valence-corrected chi connectivity index (χ2v) is 8.40. The standard InChI is InChI=1S/C13H14N2O3S2/c1-9-14-11-8-10(2-3-12(11)19-9)13(16)15-4-6-20(17,18)7-5-15/h2-3,8H,4-7H2,1H3. The second-order valence-electron chi connectivity index (χ2n) is 4.86. The zero-order valence-corrected chi connectivity index (χ0v) is 12.6. The topological polar surface area (TPSA) is 67.3 Å². The number of carbonyl (C=O) groups is 1. The molecule has 0 saturated carbocycles. The largest absolute Gasteiger partial charge is 0.337 e. The number of hydrogen-bond donors (Lipinski definition) is 0. The van der Waals surface area contributed by atoms with Gasteiger partial charge in [-0.1, -0.05) is 0 Å². The van der Waals surface area contributed by atoms with Gasteiger partial charge in [0.15, 0.2) is 9.84 Å². The van der Waals surface area contributed by atoms with Crippen LogP contribution in [-0.2, 0) is 9.84 Å². The number of carbonyl (C=O) groups excluding carboxylic acids is 1. The summed E-state index contributed by atoms with van der Waals surface area (Å²) in [4.78, 5) is 18.3. The maximum Gasteiger partial charge on any atom is 0.253 e. The van der Waals surface area contributed by atoms with E-state index in [1.54, 1.807) is 28.4 Å². The first-order valence-electron chi connectivity index (χ1n) is 6.31. The van der Waals surface area contributed by atoms with Gasteiger partial charge >= 0.3 is 0 Å². The van der Waals surface area contributed by atoms with Crippen molar-refractivity contribution in [1.82, 2.24) is 9.88 Å². The highest BCUT2D eigenvalue weighted by Gasteiger charge is 2.25. The summed E-state index contributed by atoms with van der Waals surface area (Å²) in [5, 5.41) is 0.966. The number of benzene rings is 1. The molecule has 1 fully saturated rings. The number of thiazole rings is 1. The molecule has 5 nitrogen and oxygen atoms in total. The molecule has 3 rings (SSSR count). The molecule has 0 spiro atoms. The lowest BCUT2D eigenvalue weighted by Crippen LogP contribution is -2.43. The van der Waals surface area contributed by atoms with Crippen LogP contribution in [0.15, 0.2) is 18.2 Å². The minimum Gasteiger partial charge on any atom is -0.337 e. The molecule has 0 atom stereocenters. The first kappa shape index (κ1) is 13.5. The molecule has 1 aromatic heterocycles. The Morgan fingerprint density at radius 2 is 2.00 bits per heavy atom. The van der Waals surface area contributed by atoms with Crippen LogP contribution in [0.4, 0.5) is 0 Å². The van der Waals surface area contributed by atoms with Crippen LogP contribution in [0.3, 0.4) is 0 Å². The van der Waals surface area contributed by atoms with E-state index in [-0.39, 0.29) is 30.5 Å². The van der Waals surface area contributed by atoms with Crippen LogP contribution in [0.2, 0.25) is 0 Å². The summed E-state index contributed by atoms with van der Waals surface area (Å²) in [6, 6.07) is 5.46. The molecule has 1 amide bonds. The molecule has 2 aromatic rings. The molecular formula is C13H14N2O3S2. The molecule has 1 aliphatic rings. The molecule has 2 heterocycles. The Kier molecular flexibility index (Phi) is 3.25. The number of aryl methyl sites for hydroxylation is 1.